The van der Waals surface area contributed by atoms with Crippen molar-refractivity contribution in [2.24, 2.45) is 7.05 Å². The minimum absolute atomic E-state index is 0.461. The summed E-state index contributed by atoms with van der Waals surface area (Å²) in [6.07, 6.45) is 0. The highest BCUT2D eigenvalue weighted by Crippen LogP contribution is 2.24. The lowest BCUT2D eigenvalue weighted by molar-refractivity contribution is 0.181. The lowest BCUT2D eigenvalue weighted by Gasteiger charge is -2.07. The zero-order chi connectivity index (χ0) is 14.0. The van der Waals surface area contributed by atoms with Crippen molar-refractivity contribution in [2.45, 2.75) is 20.5 Å². The van der Waals surface area contributed by atoms with Crippen LogP contribution in [0.4, 0.5) is 5.82 Å². The molecule has 0 amide bonds. The van der Waals surface area contributed by atoms with Crippen molar-refractivity contribution in [2.75, 3.05) is 19.5 Å². The Morgan fingerprint density at radius 1 is 1.32 bits per heavy atom. The largest absolute Gasteiger partial charge is 0.378 e. The summed E-state index contributed by atoms with van der Waals surface area (Å²) in [5.41, 5.74) is 3.81. The Labute approximate surface area is 112 Å². The van der Waals surface area contributed by atoms with Crippen molar-refractivity contribution < 1.29 is 4.74 Å². The number of nitrogens with one attached hydrogen (secondary N) is 1. The maximum absolute atomic E-state index is 5.15. The number of ether oxygens (including phenoxy) is 1. The number of aryl methyl sites for hydroxylation is 2. The molecule has 0 atom stereocenters. The van der Waals surface area contributed by atoms with Crippen molar-refractivity contribution in [3.63, 3.8) is 0 Å². The van der Waals surface area contributed by atoms with E-state index in [1.54, 1.807) is 7.11 Å². The van der Waals surface area contributed by atoms with Gasteiger partial charge in [-0.1, -0.05) is 0 Å². The van der Waals surface area contributed by atoms with Gasteiger partial charge in [0.25, 0.3) is 0 Å². The van der Waals surface area contributed by atoms with Crippen molar-refractivity contribution in [1.82, 2.24) is 19.7 Å². The van der Waals surface area contributed by atoms with E-state index in [9.17, 15) is 0 Å². The fourth-order valence-corrected chi connectivity index (χ4v) is 2.06. The van der Waals surface area contributed by atoms with Gasteiger partial charge in [0, 0.05) is 33.0 Å². The normalized spacial score (nSPS) is 10.8. The molecule has 0 saturated heterocycles. The molecule has 0 bridgehead atoms. The first-order valence-corrected chi connectivity index (χ1v) is 6.12. The molecule has 2 heterocycles. The Hall–Kier alpha value is -1.95. The van der Waals surface area contributed by atoms with Crippen LogP contribution in [0.1, 0.15) is 17.1 Å². The second-order valence-electron chi connectivity index (χ2n) is 4.42. The molecule has 6 heteroatoms. The van der Waals surface area contributed by atoms with E-state index in [0.29, 0.717) is 12.4 Å². The number of anilines is 1. The standard InChI is InChI=1S/C13H19N5O/c1-8-12(9(2)18(4)17-8)13-15-10(7-19-5)6-11(14-3)16-13/h6H,7H2,1-5H3,(H,14,15,16). The predicted molar refractivity (Wildman–Crippen MR) is 74.0 cm³/mol. The fourth-order valence-electron chi connectivity index (χ4n) is 2.06. The summed E-state index contributed by atoms with van der Waals surface area (Å²) in [5.74, 6) is 1.46. The highest BCUT2D eigenvalue weighted by atomic mass is 16.5. The van der Waals surface area contributed by atoms with E-state index in [0.717, 1.165) is 28.5 Å². The molecule has 6 nitrogen and oxygen atoms in total. The van der Waals surface area contributed by atoms with Crippen molar-refractivity contribution >= 4 is 5.82 Å². The third kappa shape index (κ3) is 2.58. The van der Waals surface area contributed by atoms with E-state index >= 15 is 0 Å². The van der Waals surface area contributed by atoms with Crippen LogP contribution in [-0.2, 0) is 18.4 Å². The van der Waals surface area contributed by atoms with Crippen LogP contribution in [0.2, 0.25) is 0 Å². The summed E-state index contributed by atoms with van der Waals surface area (Å²) >= 11 is 0. The Balaban J connectivity index is 2.57. The number of aromatic nitrogens is 4. The van der Waals surface area contributed by atoms with Gasteiger partial charge in [0.05, 0.1) is 23.6 Å². The Kier molecular flexibility index (Phi) is 3.80. The molecule has 0 unspecified atom stereocenters. The van der Waals surface area contributed by atoms with E-state index < -0.39 is 0 Å². The number of methoxy groups -OCH3 is 1. The minimum Gasteiger partial charge on any atom is -0.378 e. The smallest absolute Gasteiger partial charge is 0.165 e. The molecule has 0 spiro atoms. The van der Waals surface area contributed by atoms with E-state index in [-0.39, 0.29) is 0 Å². The molecule has 0 radical (unpaired) electrons. The molecule has 19 heavy (non-hydrogen) atoms. The average molecular weight is 261 g/mol. The molecule has 0 fully saturated rings. The van der Waals surface area contributed by atoms with E-state index in [4.69, 9.17) is 4.74 Å². The van der Waals surface area contributed by atoms with Crippen molar-refractivity contribution in [3.8, 4) is 11.4 Å². The summed E-state index contributed by atoms with van der Waals surface area (Å²) in [7, 11) is 5.41. The predicted octanol–water partition coefficient (Wildman–Crippen LogP) is 1.68. The molecule has 1 N–H and O–H groups in total. The highest BCUT2D eigenvalue weighted by Gasteiger charge is 2.15. The number of hydrogen-bond donors (Lipinski definition) is 1. The van der Waals surface area contributed by atoms with Gasteiger partial charge in [-0.2, -0.15) is 5.10 Å². The number of rotatable bonds is 4. The molecule has 0 aliphatic heterocycles. The van der Waals surface area contributed by atoms with Crippen LogP contribution < -0.4 is 5.32 Å². The van der Waals surface area contributed by atoms with Gasteiger partial charge in [0.2, 0.25) is 0 Å². The van der Waals surface area contributed by atoms with Crippen LogP contribution in [0.25, 0.3) is 11.4 Å². The molecule has 2 aromatic rings. The second-order valence-corrected chi connectivity index (χ2v) is 4.42. The maximum Gasteiger partial charge on any atom is 0.165 e. The van der Waals surface area contributed by atoms with Crippen molar-refractivity contribution in [1.29, 1.82) is 0 Å². The first kappa shape index (κ1) is 13.5. The first-order valence-electron chi connectivity index (χ1n) is 6.12. The van der Waals surface area contributed by atoms with Gasteiger partial charge in [-0.3, -0.25) is 4.68 Å². The van der Waals surface area contributed by atoms with Gasteiger partial charge >= 0.3 is 0 Å². The molecule has 2 rings (SSSR count). The van der Waals surface area contributed by atoms with Crippen LogP contribution in [0.15, 0.2) is 6.07 Å². The van der Waals surface area contributed by atoms with Crippen molar-refractivity contribution in [3.05, 3.63) is 23.1 Å². The van der Waals surface area contributed by atoms with Gasteiger partial charge < -0.3 is 10.1 Å². The van der Waals surface area contributed by atoms with E-state index in [1.165, 1.54) is 0 Å². The zero-order valence-electron chi connectivity index (χ0n) is 12.0. The quantitative estimate of drug-likeness (QED) is 0.907. The molecule has 0 aliphatic carbocycles. The summed E-state index contributed by atoms with van der Waals surface area (Å²) < 4.78 is 6.99. The van der Waals surface area contributed by atoms with Crippen LogP contribution in [0.3, 0.4) is 0 Å². The van der Waals surface area contributed by atoms with Gasteiger partial charge in [-0.15, -0.1) is 0 Å². The van der Waals surface area contributed by atoms with Crippen LogP contribution in [0.5, 0.6) is 0 Å². The van der Waals surface area contributed by atoms with Gasteiger partial charge in [-0.25, -0.2) is 9.97 Å². The molecule has 0 saturated carbocycles. The highest BCUT2D eigenvalue weighted by molar-refractivity contribution is 5.63. The Morgan fingerprint density at radius 2 is 2.05 bits per heavy atom. The lowest BCUT2D eigenvalue weighted by Crippen LogP contribution is -2.03. The van der Waals surface area contributed by atoms with Crippen LogP contribution in [-0.4, -0.2) is 33.9 Å². The topological polar surface area (TPSA) is 64.9 Å². The Morgan fingerprint density at radius 3 is 2.58 bits per heavy atom. The zero-order valence-corrected chi connectivity index (χ0v) is 12.0. The molecule has 102 valence electrons. The molecular formula is C13H19N5O. The third-order valence-corrected chi connectivity index (χ3v) is 3.06. The minimum atomic E-state index is 0.461. The lowest BCUT2D eigenvalue weighted by atomic mass is 10.2. The summed E-state index contributed by atoms with van der Waals surface area (Å²) in [6, 6.07) is 1.88. The summed E-state index contributed by atoms with van der Waals surface area (Å²) in [6.45, 7) is 4.44. The average Bonchev–Trinajstić information content (AvgIpc) is 2.63. The number of nitrogens with zero attached hydrogens (tertiary/aromatic N) is 4. The third-order valence-electron chi connectivity index (χ3n) is 3.06. The number of hydrogen-bond acceptors (Lipinski definition) is 5. The van der Waals surface area contributed by atoms with E-state index in [2.05, 4.69) is 20.4 Å². The maximum atomic E-state index is 5.15. The first-order chi connectivity index (χ1) is 9.06. The monoisotopic (exact) mass is 261 g/mol. The van der Waals surface area contributed by atoms with Crippen LogP contribution >= 0.6 is 0 Å². The SMILES string of the molecule is CNc1cc(COC)nc(-c2c(C)nn(C)c2C)n1. The van der Waals surface area contributed by atoms with Gasteiger partial charge in [0.15, 0.2) is 5.82 Å². The second kappa shape index (κ2) is 5.36. The van der Waals surface area contributed by atoms with E-state index in [1.807, 2.05) is 38.7 Å². The summed E-state index contributed by atoms with van der Waals surface area (Å²) in [4.78, 5) is 9.06. The van der Waals surface area contributed by atoms with Crippen LogP contribution in [0, 0.1) is 13.8 Å². The molecule has 2 aromatic heterocycles. The van der Waals surface area contributed by atoms with Gasteiger partial charge in [0.1, 0.15) is 5.82 Å². The fraction of sp³-hybridized carbons (Fsp3) is 0.462. The summed E-state index contributed by atoms with van der Waals surface area (Å²) in [5, 5.41) is 7.45. The molecular weight excluding hydrogens is 242 g/mol. The Bertz CT molecular complexity index is 591. The van der Waals surface area contributed by atoms with Gasteiger partial charge in [-0.05, 0) is 13.8 Å². The molecule has 0 aromatic carbocycles. The molecule has 0 aliphatic rings.